The van der Waals surface area contributed by atoms with Crippen LogP contribution in [0, 0.1) is 6.92 Å². The highest BCUT2D eigenvalue weighted by Gasteiger charge is 2.15. The van der Waals surface area contributed by atoms with Crippen LogP contribution in [0.5, 0.6) is 0 Å². The molecule has 6 heteroatoms. The van der Waals surface area contributed by atoms with Crippen molar-refractivity contribution in [3.8, 4) is 0 Å². The Labute approximate surface area is 128 Å². The molecule has 0 aromatic heterocycles. The number of nitrogens with one attached hydrogen (secondary N) is 1. The minimum Gasteiger partial charge on any atom is -0.280 e. The minimum atomic E-state index is -3.61. The molecule has 0 aliphatic rings. The predicted octanol–water partition coefficient (Wildman–Crippen LogP) is 4.17. The molecule has 3 nitrogen and oxygen atoms in total. The lowest BCUT2D eigenvalue weighted by molar-refractivity contribution is 0.601. The Kier molecular flexibility index (Phi) is 4.62. The number of rotatable bonds is 4. The lowest BCUT2D eigenvalue weighted by atomic mass is 10.2. The van der Waals surface area contributed by atoms with Crippen molar-refractivity contribution in [3.63, 3.8) is 0 Å². The van der Waals surface area contributed by atoms with E-state index in [1.165, 1.54) is 6.07 Å². The second kappa shape index (κ2) is 6.08. The Hall–Kier alpha value is -1.17. The Bertz CT molecular complexity index is 712. The van der Waals surface area contributed by atoms with E-state index in [1.807, 2.05) is 25.3 Å². The highest BCUT2D eigenvalue weighted by Crippen LogP contribution is 2.23. The molecule has 2 rings (SSSR count). The fourth-order valence-electron chi connectivity index (χ4n) is 1.61. The fraction of sp³-hybridized carbons (Fsp3) is 0.143. The molecule has 1 N–H and O–H groups in total. The minimum absolute atomic E-state index is 0.155. The molecular weight excluding hydrogens is 314 g/mol. The number of sulfonamides is 1. The van der Waals surface area contributed by atoms with Crippen LogP contribution in [0.25, 0.3) is 0 Å². The van der Waals surface area contributed by atoms with Crippen molar-refractivity contribution >= 4 is 39.1 Å². The van der Waals surface area contributed by atoms with Crippen LogP contribution >= 0.6 is 23.4 Å². The first-order chi connectivity index (χ1) is 9.42. The summed E-state index contributed by atoms with van der Waals surface area (Å²) in [6.45, 7) is 1.83. The molecule has 0 aliphatic heterocycles. The van der Waals surface area contributed by atoms with E-state index < -0.39 is 10.0 Å². The van der Waals surface area contributed by atoms with E-state index in [-0.39, 0.29) is 4.90 Å². The average molecular weight is 328 g/mol. The topological polar surface area (TPSA) is 46.2 Å². The van der Waals surface area contributed by atoms with Crippen LogP contribution in [0.3, 0.4) is 0 Å². The van der Waals surface area contributed by atoms with Gasteiger partial charge in [-0.2, -0.15) is 0 Å². The zero-order chi connectivity index (χ0) is 14.8. The van der Waals surface area contributed by atoms with Gasteiger partial charge in [-0.05, 0) is 55.1 Å². The summed E-state index contributed by atoms with van der Waals surface area (Å²) in [6.07, 6.45) is 1.97. The van der Waals surface area contributed by atoms with Crippen LogP contribution in [0.15, 0.2) is 52.3 Å². The van der Waals surface area contributed by atoms with Crippen LogP contribution in [-0.4, -0.2) is 14.7 Å². The average Bonchev–Trinajstić information content (AvgIpc) is 2.42. The van der Waals surface area contributed by atoms with Gasteiger partial charge >= 0.3 is 0 Å². The zero-order valence-electron chi connectivity index (χ0n) is 11.1. The summed E-state index contributed by atoms with van der Waals surface area (Å²) in [4.78, 5) is 1.23. The van der Waals surface area contributed by atoms with Gasteiger partial charge in [-0.15, -0.1) is 11.8 Å². The number of benzene rings is 2. The lowest BCUT2D eigenvalue weighted by Gasteiger charge is -2.09. The summed E-state index contributed by atoms with van der Waals surface area (Å²) in [5, 5.41) is 0.436. The van der Waals surface area contributed by atoms with Crippen molar-refractivity contribution in [1.82, 2.24) is 0 Å². The predicted molar refractivity (Wildman–Crippen MR) is 85.2 cm³/mol. The van der Waals surface area contributed by atoms with Gasteiger partial charge in [0.2, 0.25) is 0 Å². The van der Waals surface area contributed by atoms with E-state index >= 15 is 0 Å². The van der Waals surface area contributed by atoms with E-state index in [9.17, 15) is 8.42 Å². The second-order valence-corrected chi connectivity index (χ2v) is 7.21. The molecule has 0 bridgehead atoms. The molecule has 0 amide bonds. The normalized spacial score (nSPS) is 11.3. The summed E-state index contributed by atoms with van der Waals surface area (Å²) in [6, 6.07) is 11.9. The maximum atomic E-state index is 12.2. The van der Waals surface area contributed by atoms with Crippen molar-refractivity contribution in [2.75, 3.05) is 11.0 Å². The molecule has 0 spiro atoms. The standard InChI is InChI=1S/C14H14ClNO2S2/c1-10-3-8-13(9-14(10)15)20(17,18)16-11-4-6-12(19-2)7-5-11/h3-9,16H,1-2H3. The van der Waals surface area contributed by atoms with Crippen LogP contribution < -0.4 is 4.72 Å². The summed E-state index contributed by atoms with van der Waals surface area (Å²) >= 11 is 7.57. The number of aryl methyl sites for hydroxylation is 1. The third-order valence-electron chi connectivity index (χ3n) is 2.80. The van der Waals surface area contributed by atoms with Crippen molar-refractivity contribution in [3.05, 3.63) is 53.1 Å². The number of halogens is 1. The SMILES string of the molecule is CSc1ccc(NS(=O)(=O)c2ccc(C)c(Cl)c2)cc1. The third-order valence-corrected chi connectivity index (χ3v) is 5.33. The van der Waals surface area contributed by atoms with Crippen molar-refractivity contribution in [2.45, 2.75) is 16.7 Å². The van der Waals surface area contributed by atoms with Gasteiger partial charge < -0.3 is 0 Å². The van der Waals surface area contributed by atoms with Crippen LogP contribution in [0.4, 0.5) is 5.69 Å². The van der Waals surface area contributed by atoms with Crippen molar-refractivity contribution in [2.24, 2.45) is 0 Å². The molecule has 0 radical (unpaired) electrons. The first-order valence-electron chi connectivity index (χ1n) is 5.85. The largest absolute Gasteiger partial charge is 0.280 e. The molecule has 0 fully saturated rings. The van der Waals surface area contributed by atoms with Crippen molar-refractivity contribution in [1.29, 1.82) is 0 Å². The Balaban J connectivity index is 2.27. The van der Waals surface area contributed by atoms with E-state index in [1.54, 1.807) is 36.0 Å². The maximum absolute atomic E-state index is 12.2. The molecule has 2 aromatic carbocycles. The molecule has 0 unspecified atom stereocenters. The quantitative estimate of drug-likeness (QED) is 0.857. The Morgan fingerprint density at radius 3 is 2.30 bits per heavy atom. The highest BCUT2D eigenvalue weighted by atomic mass is 35.5. The number of hydrogen-bond donors (Lipinski definition) is 1. The monoisotopic (exact) mass is 327 g/mol. The number of hydrogen-bond acceptors (Lipinski definition) is 3. The van der Waals surface area contributed by atoms with E-state index in [0.29, 0.717) is 10.7 Å². The smallest absolute Gasteiger partial charge is 0.261 e. The van der Waals surface area contributed by atoms with Gasteiger partial charge in [-0.3, -0.25) is 4.72 Å². The maximum Gasteiger partial charge on any atom is 0.261 e. The molecule has 0 saturated carbocycles. The number of anilines is 1. The van der Waals surface area contributed by atoms with Crippen LogP contribution in [0.1, 0.15) is 5.56 Å². The van der Waals surface area contributed by atoms with Gasteiger partial charge in [-0.25, -0.2) is 8.42 Å². The Morgan fingerprint density at radius 2 is 1.75 bits per heavy atom. The van der Waals surface area contributed by atoms with E-state index in [2.05, 4.69) is 4.72 Å². The zero-order valence-corrected chi connectivity index (χ0v) is 13.4. The second-order valence-electron chi connectivity index (χ2n) is 4.24. The summed E-state index contributed by atoms with van der Waals surface area (Å²) < 4.78 is 27.0. The fourth-order valence-corrected chi connectivity index (χ4v) is 3.35. The van der Waals surface area contributed by atoms with Crippen LogP contribution in [0.2, 0.25) is 5.02 Å². The molecule has 2 aromatic rings. The molecule has 106 valence electrons. The Morgan fingerprint density at radius 1 is 1.10 bits per heavy atom. The van der Waals surface area contributed by atoms with E-state index in [4.69, 9.17) is 11.6 Å². The molecular formula is C14H14ClNO2S2. The van der Waals surface area contributed by atoms with Gasteiger partial charge in [0, 0.05) is 15.6 Å². The molecule has 0 saturated heterocycles. The van der Waals surface area contributed by atoms with Crippen LogP contribution in [-0.2, 0) is 10.0 Å². The summed E-state index contributed by atoms with van der Waals surface area (Å²) in [7, 11) is -3.61. The molecule has 0 heterocycles. The van der Waals surface area contributed by atoms with Gasteiger partial charge in [0.1, 0.15) is 0 Å². The molecule has 0 aliphatic carbocycles. The lowest BCUT2D eigenvalue weighted by Crippen LogP contribution is -2.12. The first-order valence-corrected chi connectivity index (χ1v) is 8.94. The van der Waals surface area contributed by atoms with E-state index in [0.717, 1.165) is 10.5 Å². The highest BCUT2D eigenvalue weighted by molar-refractivity contribution is 7.98. The van der Waals surface area contributed by atoms with Gasteiger partial charge in [-0.1, -0.05) is 17.7 Å². The summed E-state index contributed by atoms with van der Waals surface area (Å²) in [5.74, 6) is 0. The first kappa shape index (κ1) is 15.2. The van der Waals surface area contributed by atoms with Crippen molar-refractivity contribution < 1.29 is 8.42 Å². The van der Waals surface area contributed by atoms with Gasteiger partial charge in [0.25, 0.3) is 10.0 Å². The summed E-state index contributed by atoms with van der Waals surface area (Å²) in [5.41, 5.74) is 1.37. The molecule has 20 heavy (non-hydrogen) atoms. The number of thioether (sulfide) groups is 1. The van der Waals surface area contributed by atoms with Gasteiger partial charge in [0.15, 0.2) is 0 Å². The van der Waals surface area contributed by atoms with Gasteiger partial charge in [0.05, 0.1) is 4.90 Å². The molecule has 0 atom stereocenters. The third kappa shape index (κ3) is 3.48.